The minimum Gasteiger partial charge on any atom is -0.495 e. The fourth-order valence-corrected chi connectivity index (χ4v) is 2.29. The molecule has 2 aromatic rings. The second kappa shape index (κ2) is 6.31. The number of methoxy groups -OCH3 is 1. The Kier molecular flexibility index (Phi) is 4.72. The lowest BCUT2D eigenvalue weighted by atomic mass is 10.1. The highest BCUT2D eigenvalue weighted by Gasteiger charge is 2.07. The number of halogens is 2. The molecule has 0 radical (unpaired) electrons. The van der Waals surface area contributed by atoms with Gasteiger partial charge in [0.15, 0.2) is 0 Å². The van der Waals surface area contributed by atoms with Crippen molar-refractivity contribution in [3.63, 3.8) is 0 Å². The Hall–Kier alpha value is -1.19. The van der Waals surface area contributed by atoms with Gasteiger partial charge in [-0.15, -0.1) is 0 Å². The first kappa shape index (κ1) is 14.2. The van der Waals surface area contributed by atoms with Crippen molar-refractivity contribution in [3.05, 3.63) is 57.5 Å². The Balaban J connectivity index is 2.14. The molecule has 0 aliphatic heterocycles. The molecule has 0 aliphatic carbocycles. The summed E-state index contributed by atoms with van der Waals surface area (Å²) in [5.74, 6) is 0.676. The van der Waals surface area contributed by atoms with Gasteiger partial charge in [-0.25, -0.2) is 0 Å². The molecule has 0 amide bonds. The Morgan fingerprint density at radius 2 is 1.84 bits per heavy atom. The van der Waals surface area contributed by atoms with Gasteiger partial charge in [0.05, 0.1) is 12.1 Å². The third-order valence-electron chi connectivity index (χ3n) is 2.90. The first-order valence-electron chi connectivity index (χ1n) is 5.95. The van der Waals surface area contributed by atoms with Crippen LogP contribution >= 0.6 is 27.5 Å². The number of hydrogen-bond donors (Lipinski definition) is 1. The summed E-state index contributed by atoms with van der Waals surface area (Å²) in [5, 5.41) is 4.04. The summed E-state index contributed by atoms with van der Waals surface area (Å²) in [5.41, 5.74) is 2.20. The van der Waals surface area contributed by atoms with Gasteiger partial charge in [-0.1, -0.05) is 39.7 Å². The molecule has 1 atom stereocenters. The molecule has 0 bridgehead atoms. The SMILES string of the molecule is COc1cc(NC(C)c2ccc(Br)cc2)ccc1Cl. The van der Waals surface area contributed by atoms with Crippen LogP contribution in [0.3, 0.4) is 0 Å². The van der Waals surface area contributed by atoms with Crippen LogP contribution in [0.25, 0.3) is 0 Å². The monoisotopic (exact) mass is 339 g/mol. The Morgan fingerprint density at radius 1 is 1.16 bits per heavy atom. The first-order valence-corrected chi connectivity index (χ1v) is 7.13. The topological polar surface area (TPSA) is 21.3 Å². The van der Waals surface area contributed by atoms with Crippen molar-refractivity contribution in [1.29, 1.82) is 0 Å². The van der Waals surface area contributed by atoms with Crippen LogP contribution in [0.15, 0.2) is 46.9 Å². The van der Waals surface area contributed by atoms with E-state index in [9.17, 15) is 0 Å². The Morgan fingerprint density at radius 3 is 2.47 bits per heavy atom. The number of ether oxygens (including phenoxy) is 1. The molecule has 100 valence electrons. The second-order valence-electron chi connectivity index (χ2n) is 4.27. The molecule has 0 spiro atoms. The first-order chi connectivity index (χ1) is 9.10. The van der Waals surface area contributed by atoms with E-state index in [2.05, 4.69) is 40.3 Å². The zero-order chi connectivity index (χ0) is 13.8. The molecule has 4 heteroatoms. The van der Waals surface area contributed by atoms with Gasteiger partial charge >= 0.3 is 0 Å². The van der Waals surface area contributed by atoms with Crippen molar-refractivity contribution in [2.45, 2.75) is 13.0 Å². The number of anilines is 1. The molecule has 0 fully saturated rings. The van der Waals surface area contributed by atoms with E-state index in [0.717, 1.165) is 10.2 Å². The average Bonchev–Trinajstić information content (AvgIpc) is 2.41. The van der Waals surface area contributed by atoms with Gasteiger partial charge in [0, 0.05) is 22.3 Å². The number of benzene rings is 2. The number of rotatable bonds is 4. The highest BCUT2D eigenvalue weighted by atomic mass is 79.9. The van der Waals surface area contributed by atoms with Gasteiger partial charge in [0.25, 0.3) is 0 Å². The predicted molar refractivity (Wildman–Crippen MR) is 84.2 cm³/mol. The summed E-state index contributed by atoms with van der Waals surface area (Å²) in [6.07, 6.45) is 0. The fourth-order valence-electron chi connectivity index (χ4n) is 1.83. The summed E-state index contributed by atoms with van der Waals surface area (Å²) in [7, 11) is 1.61. The third-order valence-corrected chi connectivity index (χ3v) is 3.75. The Labute approximate surface area is 126 Å². The quantitative estimate of drug-likeness (QED) is 0.817. The summed E-state index contributed by atoms with van der Waals surface area (Å²) < 4.78 is 6.29. The van der Waals surface area contributed by atoms with E-state index in [1.54, 1.807) is 7.11 Å². The van der Waals surface area contributed by atoms with Crippen molar-refractivity contribution in [3.8, 4) is 5.75 Å². The zero-order valence-corrected chi connectivity index (χ0v) is 13.1. The maximum Gasteiger partial charge on any atom is 0.139 e. The van der Waals surface area contributed by atoms with E-state index >= 15 is 0 Å². The maximum atomic E-state index is 6.01. The third kappa shape index (κ3) is 3.64. The van der Waals surface area contributed by atoms with Gasteiger partial charge in [-0.05, 0) is 36.8 Å². The lowest BCUT2D eigenvalue weighted by Crippen LogP contribution is -2.06. The van der Waals surface area contributed by atoms with Crippen molar-refractivity contribution in [2.24, 2.45) is 0 Å². The lowest BCUT2D eigenvalue weighted by Gasteiger charge is -2.16. The van der Waals surface area contributed by atoms with Crippen LogP contribution in [0.1, 0.15) is 18.5 Å². The standard InChI is InChI=1S/C15H15BrClNO/c1-10(11-3-5-12(16)6-4-11)18-13-7-8-14(17)15(9-13)19-2/h3-10,18H,1-2H3. The van der Waals surface area contributed by atoms with E-state index < -0.39 is 0 Å². The van der Waals surface area contributed by atoms with Crippen LogP contribution in [0.5, 0.6) is 5.75 Å². The van der Waals surface area contributed by atoms with E-state index in [0.29, 0.717) is 10.8 Å². The molecule has 19 heavy (non-hydrogen) atoms. The summed E-state index contributed by atoms with van der Waals surface area (Å²) in [4.78, 5) is 0. The maximum absolute atomic E-state index is 6.01. The van der Waals surface area contributed by atoms with Crippen LogP contribution in [-0.2, 0) is 0 Å². The zero-order valence-electron chi connectivity index (χ0n) is 10.8. The number of nitrogens with one attached hydrogen (secondary N) is 1. The Bertz CT molecular complexity index is 557. The molecule has 2 nitrogen and oxygen atoms in total. The van der Waals surface area contributed by atoms with Gasteiger partial charge in [-0.2, -0.15) is 0 Å². The normalized spacial score (nSPS) is 12.0. The molecular weight excluding hydrogens is 326 g/mol. The molecule has 0 saturated carbocycles. The smallest absolute Gasteiger partial charge is 0.139 e. The predicted octanol–water partition coefficient (Wildman–Crippen LogP) is 5.28. The largest absolute Gasteiger partial charge is 0.495 e. The summed E-state index contributed by atoms with van der Waals surface area (Å²) >= 11 is 9.45. The van der Waals surface area contributed by atoms with Crippen LogP contribution in [0, 0.1) is 0 Å². The van der Waals surface area contributed by atoms with E-state index in [1.807, 2.05) is 30.3 Å². The van der Waals surface area contributed by atoms with Gasteiger partial charge in [0.1, 0.15) is 5.75 Å². The van der Waals surface area contributed by atoms with Crippen LogP contribution in [0.2, 0.25) is 5.02 Å². The molecule has 2 rings (SSSR count). The molecule has 0 saturated heterocycles. The van der Waals surface area contributed by atoms with Crippen molar-refractivity contribution < 1.29 is 4.74 Å². The highest BCUT2D eigenvalue weighted by molar-refractivity contribution is 9.10. The molecule has 0 aliphatic rings. The second-order valence-corrected chi connectivity index (χ2v) is 5.59. The van der Waals surface area contributed by atoms with Gasteiger partial charge < -0.3 is 10.1 Å². The highest BCUT2D eigenvalue weighted by Crippen LogP contribution is 2.29. The minimum atomic E-state index is 0.207. The number of hydrogen-bond acceptors (Lipinski definition) is 2. The molecule has 2 aromatic carbocycles. The summed E-state index contributed by atoms with van der Waals surface area (Å²) in [6, 6.07) is 14.1. The van der Waals surface area contributed by atoms with E-state index in [1.165, 1.54) is 5.56 Å². The lowest BCUT2D eigenvalue weighted by molar-refractivity contribution is 0.415. The fraction of sp³-hybridized carbons (Fsp3) is 0.200. The minimum absolute atomic E-state index is 0.207. The van der Waals surface area contributed by atoms with E-state index in [4.69, 9.17) is 16.3 Å². The van der Waals surface area contributed by atoms with Crippen molar-refractivity contribution in [1.82, 2.24) is 0 Å². The molecule has 1 N–H and O–H groups in total. The molecule has 0 aromatic heterocycles. The van der Waals surface area contributed by atoms with Crippen LogP contribution in [-0.4, -0.2) is 7.11 Å². The van der Waals surface area contributed by atoms with E-state index in [-0.39, 0.29) is 6.04 Å². The molecule has 1 unspecified atom stereocenters. The summed E-state index contributed by atoms with van der Waals surface area (Å²) in [6.45, 7) is 2.12. The molecular formula is C15H15BrClNO. The van der Waals surface area contributed by atoms with Crippen LogP contribution in [0.4, 0.5) is 5.69 Å². The van der Waals surface area contributed by atoms with Gasteiger partial charge in [-0.3, -0.25) is 0 Å². The van der Waals surface area contributed by atoms with Crippen LogP contribution < -0.4 is 10.1 Å². The van der Waals surface area contributed by atoms with Crippen molar-refractivity contribution in [2.75, 3.05) is 12.4 Å². The van der Waals surface area contributed by atoms with Gasteiger partial charge in [0.2, 0.25) is 0 Å². The average molecular weight is 341 g/mol. The molecule has 0 heterocycles. The van der Waals surface area contributed by atoms with Crippen molar-refractivity contribution >= 4 is 33.2 Å².